The third kappa shape index (κ3) is 3.86. The average molecular weight is 581 g/mol. The van der Waals surface area contributed by atoms with Gasteiger partial charge in [0.1, 0.15) is 24.1 Å². The molecule has 7 nitrogen and oxygen atoms in total. The fourth-order valence-corrected chi connectivity index (χ4v) is 6.43. The van der Waals surface area contributed by atoms with Gasteiger partial charge in [0, 0.05) is 16.3 Å². The first-order valence-corrected chi connectivity index (χ1v) is 12.4. The van der Waals surface area contributed by atoms with Gasteiger partial charge in [-0.2, -0.15) is 13.2 Å². The molecule has 2 aliphatic carbocycles. The number of aliphatic hydroxyl groups is 2. The number of alkyl halides is 3. The minimum atomic E-state index is -4.66. The largest absolute Gasteiger partial charge is 0.495 e. The van der Waals surface area contributed by atoms with Crippen molar-refractivity contribution < 1.29 is 37.7 Å². The molecule has 0 radical (unpaired) electrons. The predicted octanol–water partition coefficient (Wildman–Crippen LogP) is 3.72. The van der Waals surface area contributed by atoms with Gasteiger partial charge in [-0.1, -0.05) is 64.5 Å². The van der Waals surface area contributed by atoms with Gasteiger partial charge in [0.2, 0.25) is 5.91 Å². The Morgan fingerprint density at radius 3 is 2.65 bits per heavy atom. The van der Waals surface area contributed by atoms with Crippen molar-refractivity contribution in [3.05, 3.63) is 76.6 Å². The minimum absolute atomic E-state index is 0.103. The van der Waals surface area contributed by atoms with E-state index in [0.717, 1.165) is 4.48 Å². The molecule has 37 heavy (non-hydrogen) atoms. The molecule has 1 aromatic heterocycles. The number of allylic oxidation sites excluding steroid dienone is 3. The number of carbonyl (C=O) groups is 1. The van der Waals surface area contributed by atoms with Crippen LogP contribution in [0.5, 0.6) is 11.5 Å². The van der Waals surface area contributed by atoms with E-state index in [9.17, 15) is 28.2 Å². The number of nitrogens with zero attached hydrogens (tertiary/aromatic N) is 1. The van der Waals surface area contributed by atoms with Crippen LogP contribution < -0.4 is 14.8 Å². The number of hydrogen-bond donors (Lipinski definition) is 3. The molecular weight excluding hydrogens is 557 g/mol. The van der Waals surface area contributed by atoms with Gasteiger partial charge in [-0.15, -0.1) is 0 Å². The molecule has 2 aromatic rings. The molecule has 196 valence electrons. The van der Waals surface area contributed by atoms with Gasteiger partial charge < -0.3 is 25.0 Å². The maximum Gasteiger partial charge on any atom is 0.405 e. The summed E-state index contributed by atoms with van der Waals surface area (Å²) in [6, 6.07) is 8.60. The van der Waals surface area contributed by atoms with Crippen LogP contribution in [-0.4, -0.2) is 52.6 Å². The van der Waals surface area contributed by atoms with Crippen molar-refractivity contribution in [2.75, 3.05) is 13.7 Å². The van der Waals surface area contributed by atoms with Gasteiger partial charge in [-0.3, -0.25) is 9.78 Å². The maximum absolute atomic E-state index is 13.4. The lowest BCUT2D eigenvalue weighted by molar-refractivity contribution is -0.164. The van der Waals surface area contributed by atoms with E-state index in [1.54, 1.807) is 42.5 Å². The number of methoxy groups -OCH3 is 1. The molecule has 1 unspecified atom stereocenters. The number of rotatable bonds is 5. The topological polar surface area (TPSA) is 101 Å². The first-order chi connectivity index (χ1) is 17.5. The smallest absolute Gasteiger partial charge is 0.405 e. The predicted molar refractivity (Wildman–Crippen MR) is 130 cm³/mol. The Balaban J connectivity index is 1.76. The normalized spacial score (nSPS) is 32.2. The third-order valence-electron chi connectivity index (χ3n) is 7.47. The van der Waals surface area contributed by atoms with Crippen molar-refractivity contribution >= 4 is 21.8 Å². The molecule has 1 fully saturated rings. The van der Waals surface area contributed by atoms with Crippen LogP contribution in [0.25, 0.3) is 0 Å². The van der Waals surface area contributed by atoms with Crippen LogP contribution >= 0.6 is 15.9 Å². The Hall–Kier alpha value is -2.89. The zero-order valence-corrected chi connectivity index (χ0v) is 21.2. The Labute approximate surface area is 219 Å². The number of benzene rings is 1. The molecule has 1 aliphatic heterocycles. The number of halogens is 4. The highest BCUT2D eigenvalue weighted by Crippen LogP contribution is 2.68. The molecular formula is C26H24BrF3N2O5. The van der Waals surface area contributed by atoms with Crippen LogP contribution in [0.4, 0.5) is 13.2 Å². The van der Waals surface area contributed by atoms with E-state index in [-0.39, 0.29) is 17.1 Å². The van der Waals surface area contributed by atoms with Gasteiger partial charge >= 0.3 is 6.18 Å². The van der Waals surface area contributed by atoms with Gasteiger partial charge in [-0.25, -0.2) is 0 Å². The number of carbonyl (C=O) groups excluding carboxylic acids is 1. The van der Waals surface area contributed by atoms with Crippen LogP contribution in [0.2, 0.25) is 0 Å². The number of aromatic nitrogens is 1. The molecule has 5 rings (SSSR count). The molecule has 1 amide bonds. The highest BCUT2D eigenvalue weighted by atomic mass is 79.9. The van der Waals surface area contributed by atoms with Crippen molar-refractivity contribution in [1.82, 2.24) is 10.3 Å². The second-order valence-electron chi connectivity index (χ2n) is 9.36. The summed E-state index contributed by atoms with van der Waals surface area (Å²) in [5.41, 5.74) is -3.30. The second kappa shape index (κ2) is 9.14. The average Bonchev–Trinajstić information content (AvgIpc) is 3.26. The number of amides is 1. The lowest BCUT2D eigenvalue weighted by Gasteiger charge is -2.45. The van der Waals surface area contributed by atoms with Crippen molar-refractivity contribution in [2.24, 2.45) is 11.8 Å². The molecule has 1 aromatic carbocycles. The Kier molecular flexibility index (Phi) is 6.36. The van der Waals surface area contributed by atoms with Crippen LogP contribution in [-0.2, 0) is 10.4 Å². The van der Waals surface area contributed by atoms with Crippen molar-refractivity contribution in [2.45, 2.75) is 35.8 Å². The SMILES string of the molecule is COc1cncc2c1[C@]1(O)[C@H](O)[C@H](C(=O)NCC(F)(F)F)[C@@H](c3ccccc3)[C@]1(C1C=CC(Br)=CC1)O2. The summed E-state index contributed by atoms with van der Waals surface area (Å²) < 4.78 is 51.9. The molecule has 6 atom stereocenters. The van der Waals surface area contributed by atoms with E-state index < -0.39 is 53.7 Å². The molecule has 0 saturated heterocycles. The Morgan fingerprint density at radius 2 is 2.03 bits per heavy atom. The number of hydrogen-bond acceptors (Lipinski definition) is 6. The summed E-state index contributed by atoms with van der Waals surface area (Å²) in [5.74, 6) is -3.87. The van der Waals surface area contributed by atoms with Gasteiger partial charge in [0.05, 0.1) is 31.0 Å². The van der Waals surface area contributed by atoms with Crippen molar-refractivity contribution in [3.63, 3.8) is 0 Å². The number of pyridine rings is 1. The fraction of sp³-hybridized carbons (Fsp3) is 0.385. The lowest BCUT2D eigenvalue weighted by atomic mass is 9.66. The third-order valence-corrected chi connectivity index (χ3v) is 8.06. The van der Waals surface area contributed by atoms with Gasteiger partial charge in [-0.05, 0) is 12.0 Å². The summed E-state index contributed by atoms with van der Waals surface area (Å²) in [6.07, 6.45) is 2.05. The minimum Gasteiger partial charge on any atom is -0.495 e. The standard InChI is InChI=1S/C26H24BrF3N2O5/c1-36-17-11-31-12-18-21(17)25(35)22(33)19(23(34)32-13-24(28,29)30)20(14-5-3-2-4-6-14)26(25,37-18)15-7-9-16(27)10-8-15/h2-7,9-12,15,19-20,22,33,35H,8,13H2,1H3,(H,32,34)/t15?,19-,20-,22-,25+,26+/m1/s1. The van der Waals surface area contributed by atoms with E-state index in [2.05, 4.69) is 20.9 Å². The number of fused-ring (bicyclic) bond motifs is 3. The molecule has 3 aliphatic rings. The van der Waals surface area contributed by atoms with E-state index in [1.165, 1.54) is 19.5 Å². The van der Waals surface area contributed by atoms with Crippen LogP contribution in [0.1, 0.15) is 23.5 Å². The zero-order chi connectivity index (χ0) is 26.6. The highest BCUT2D eigenvalue weighted by molar-refractivity contribution is 9.11. The van der Waals surface area contributed by atoms with E-state index in [1.807, 2.05) is 11.4 Å². The summed E-state index contributed by atoms with van der Waals surface area (Å²) in [7, 11) is 1.37. The quantitative estimate of drug-likeness (QED) is 0.498. The van der Waals surface area contributed by atoms with Gasteiger partial charge in [0.25, 0.3) is 0 Å². The summed E-state index contributed by atoms with van der Waals surface area (Å²) >= 11 is 3.43. The molecule has 0 spiro atoms. The summed E-state index contributed by atoms with van der Waals surface area (Å²) in [5, 5.41) is 26.2. The van der Waals surface area contributed by atoms with Crippen LogP contribution in [0.3, 0.4) is 0 Å². The molecule has 11 heteroatoms. The second-order valence-corrected chi connectivity index (χ2v) is 10.3. The first-order valence-electron chi connectivity index (χ1n) is 11.6. The first kappa shape index (κ1) is 25.7. The van der Waals surface area contributed by atoms with E-state index in [0.29, 0.717) is 12.0 Å². The van der Waals surface area contributed by atoms with Crippen molar-refractivity contribution in [3.8, 4) is 11.5 Å². The van der Waals surface area contributed by atoms with Crippen molar-refractivity contribution in [1.29, 1.82) is 0 Å². The number of ether oxygens (including phenoxy) is 2. The van der Waals surface area contributed by atoms with Crippen LogP contribution in [0.15, 0.2) is 65.4 Å². The zero-order valence-electron chi connectivity index (χ0n) is 19.6. The van der Waals surface area contributed by atoms with E-state index in [4.69, 9.17) is 9.47 Å². The lowest BCUT2D eigenvalue weighted by Crippen LogP contribution is -2.58. The molecule has 3 N–H and O–H groups in total. The summed E-state index contributed by atoms with van der Waals surface area (Å²) in [4.78, 5) is 17.5. The van der Waals surface area contributed by atoms with E-state index >= 15 is 0 Å². The molecule has 2 heterocycles. The molecule has 1 saturated carbocycles. The fourth-order valence-electron chi connectivity index (χ4n) is 6.09. The number of aliphatic hydroxyl groups excluding tert-OH is 1. The molecule has 0 bridgehead atoms. The maximum atomic E-state index is 13.4. The highest BCUT2D eigenvalue weighted by Gasteiger charge is 2.79. The summed E-state index contributed by atoms with van der Waals surface area (Å²) in [6.45, 7) is -1.58. The Bertz CT molecular complexity index is 1270. The number of nitrogens with one attached hydrogen (secondary N) is 1. The van der Waals surface area contributed by atoms with Gasteiger partial charge in [0.15, 0.2) is 11.2 Å². The monoisotopic (exact) mass is 580 g/mol. The van der Waals surface area contributed by atoms with Crippen LogP contribution in [0, 0.1) is 11.8 Å². The Morgan fingerprint density at radius 1 is 1.30 bits per heavy atom.